The molecule has 0 saturated heterocycles. The van der Waals surface area contributed by atoms with Gasteiger partial charge in [-0.2, -0.15) is 5.10 Å². The number of hydrogen-bond acceptors (Lipinski definition) is 6. The third-order valence-corrected chi connectivity index (χ3v) is 2.19. The molecule has 102 valence electrons. The average Bonchev–Trinajstić information content (AvgIpc) is 2.38. The van der Waals surface area contributed by atoms with Gasteiger partial charge in [0.25, 0.3) is 0 Å². The van der Waals surface area contributed by atoms with Gasteiger partial charge in [-0.15, -0.1) is 0 Å². The molecule has 0 radical (unpaired) electrons. The van der Waals surface area contributed by atoms with Crippen molar-refractivity contribution in [3.8, 4) is 0 Å². The van der Waals surface area contributed by atoms with Gasteiger partial charge < -0.3 is 10.5 Å². The Bertz CT molecular complexity index is 455. The van der Waals surface area contributed by atoms with Crippen molar-refractivity contribution < 1.29 is 14.3 Å². The lowest BCUT2D eigenvalue weighted by Crippen LogP contribution is -2.10. The standard InChI is InChI=1S/C13H17N3O3/c1-10(17)8-13(18)19-7-6-15-16-12-4-2-11(9-14)3-5-12/h2-6,16H,7-9,14H2,1H3. The summed E-state index contributed by atoms with van der Waals surface area (Å²) in [7, 11) is 0. The summed E-state index contributed by atoms with van der Waals surface area (Å²) in [5.41, 5.74) is 10.1. The molecule has 0 aliphatic carbocycles. The predicted molar refractivity (Wildman–Crippen MR) is 72.7 cm³/mol. The molecular formula is C13H17N3O3. The zero-order chi connectivity index (χ0) is 14.1. The van der Waals surface area contributed by atoms with Gasteiger partial charge in [0.05, 0.1) is 11.9 Å². The Morgan fingerprint density at radius 2 is 2.05 bits per heavy atom. The molecule has 0 spiro atoms. The van der Waals surface area contributed by atoms with Crippen LogP contribution in [0.15, 0.2) is 29.4 Å². The number of esters is 1. The van der Waals surface area contributed by atoms with Crippen molar-refractivity contribution in [1.29, 1.82) is 0 Å². The van der Waals surface area contributed by atoms with Crippen molar-refractivity contribution in [3.05, 3.63) is 29.8 Å². The van der Waals surface area contributed by atoms with Crippen LogP contribution in [0.25, 0.3) is 0 Å². The highest BCUT2D eigenvalue weighted by molar-refractivity contribution is 5.94. The first-order chi connectivity index (χ1) is 9.11. The number of carbonyl (C=O) groups excluding carboxylic acids is 2. The molecule has 6 heteroatoms. The highest BCUT2D eigenvalue weighted by Gasteiger charge is 2.04. The average molecular weight is 263 g/mol. The monoisotopic (exact) mass is 263 g/mol. The number of rotatable bonds is 7. The van der Waals surface area contributed by atoms with Crippen molar-refractivity contribution in [2.24, 2.45) is 10.8 Å². The molecule has 6 nitrogen and oxygen atoms in total. The molecule has 0 unspecified atom stereocenters. The van der Waals surface area contributed by atoms with E-state index in [9.17, 15) is 9.59 Å². The number of carbonyl (C=O) groups is 2. The van der Waals surface area contributed by atoms with Crippen LogP contribution in [-0.2, 0) is 20.9 Å². The fourth-order valence-electron chi connectivity index (χ4n) is 1.26. The molecule has 0 bridgehead atoms. The molecule has 0 aromatic heterocycles. The highest BCUT2D eigenvalue weighted by atomic mass is 16.5. The van der Waals surface area contributed by atoms with Gasteiger partial charge in [-0.1, -0.05) is 12.1 Å². The number of anilines is 1. The van der Waals surface area contributed by atoms with Gasteiger partial charge in [0, 0.05) is 6.54 Å². The van der Waals surface area contributed by atoms with Crippen molar-refractivity contribution in [2.45, 2.75) is 19.9 Å². The van der Waals surface area contributed by atoms with Crippen LogP contribution < -0.4 is 11.2 Å². The quantitative estimate of drug-likeness (QED) is 0.332. The van der Waals surface area contributed by atoms with E-state index in [1.807, 2.05) is 24.3 Å². The molecule has 3 N–H and O–H groups in total. The van der Waals surface area contributed by atoms with Crippen molar-refractivity contribution >= 4 is 23.7 Å². The van der Waals surface area contributed by atoms with Gasteiger partial charge >= 0.3 is 5.97 Å². The Morgan fingerprint density at radius 3 is 2.63 bits per heavy atom. The van der Waals surface area contributed by atoms with Crippen LogP contribution in [0.5, 0.6) is 0 Å². The number of ketones is 1. The van der Waals surface area contributed by atoms with Gasteiger partial charge in [-0.05, 0) is 24.6 Å². The molecule has 1 aromatic rings. The van der Waals surface area contributed by atoms with E-state index in [4.69, 9.17) is 10.5 Å². The van der Waals surface area contributed by atoms with Gasteiger partial charge in [-0.25, -0.2) is 0 Å². The van der Waals surface area contributed by atoms with Crippen LogP contribution in [0, 0.1) is 0 Å². The molecule has 0 heterocycles. The van der Waals surface area contributed by atoms with E-state index in [2.05, 4.69) is 10.5 Å². The zero-order valence-electron chi connectivity index (χ0n) is 10.8. The molecule has 1 rings (SSSR count). The number of benzene rings is 1. The number of hydrogen-bond donors (Lipinski definition) is 2. The molecule has 19 heavy (non-hydrogen) atoms. The van der Waals surface area contributed by atoms with Crippen LogP contribution in [0.3, 0.4) is 0 Å². The molecule has 1 aromatic carbocycles. The molecule has 0 amide bonds. The maximum Gasteiger partial charge on any atom is 0.313 e. The van der Waals surface area contributed by atoms with E-state index in [-0.39, 0.29) is 18.8 Å². The summed E-state index contributed by atoms with van der Waals surface area (Å²) in [6.07, 6.45) is 1.21. The third-order valence-electron chi connectivity index (χ3n) is 2.19. The summed E-state index contributed by atoms with van der Waals surface area (Å²) in [6, 6.07) is 7.48. The first-order valence-electron chi connectivity index (χ1n) is 5.83. The maximum atomic E-state index is 11.0. The van der Waals surface area contributed by atoms with Crippen molar-refractivity contribution in [3.63, 3.8) is 0 Å². The second-order valence-corrected chi connectivity index (χ2v) is 3.89. The van der Waals surface area contributed by atoms with E-state index in [1.165, 1.54) is 13.1 Å². The lowest BCUT2D eigenvalue weighted by atomic mass is 10.2. The largest absolute Gasteiger partial charge is 0.459 e. The summed E-state index contributed by atoms with van der Waals surface area (Å²) in [6.45, 7) is 1.86. The van der Waals surface area contributed by atoms with E-state index in [1.54, 1.807) is 0 Å². The molecule has 0 fully saturated rings. The highest BCUT2D eigenvalue weighted by Crippen LogP contribution is 2.08. The zero-order valence-corrected chi connectivity index (χ0v) is 10.8. The Balaban J connectivity index is 2.26. The smallest absolute Gasteiger partial charge is 0.313 e. The number of nitrogens with one attached hydrogen (secondary N) is 1. The lowest BCUT2D eigenvalue weighted by molar-refractivity contribution is -0.144. The number of nitrogens with zero attached hydrogens (tertiary/aromatic N) is 1. The molecular weight excluding hydrogens is 246 g/mol. The number of nitrogens with two attached hydrogens (primary N) is 1. The Hall–Kier alpha value is -2.21. The summed E-state index contributed by atoms with van der Waals surface area (Å²) in [5, 5.41) is 3.88. The molecule has 0 saturated carbocycles. The fourth-order valence-corrected chi connectivity index (χ4v) is 1.26. The van der Waals surface area contributed by atoms with Crippen LogP contribution in [0.2, 0.25) is 0 Å². The van der Waals surface area contributed by atoms with Crippen LogP contribution in [0.1, 0.15) is 18.9 Å². The minimum absolute atomic E-state index is 0.0278. The van der Waals surface area contributed by atoms with Crippen molar-refractivity contribution in [1.82, 2.24) is 0 Å². The summed E-state index contributed by atoms with van der Waals surface area (Å²) in [4.78, 5) is 21.6. The van der Waals surface area contributed by atoms with E-state index >= 15 is 0 Å². The fraction of sp³-hybridized carbons (Fsp3) is 0.308. The SMILES string of the molecule is CC(=O)CC(=O)OCC=NNc1ccc(CN)cc1. The number of hydrazone groups is 1. The van der Waals surface area contributed by atoms with Crippen LogP contribution >= 0.6 is 0 Å². The lowest BCUT2D eigenvalue weighted by Gasteiger charge is -2.02. The molecule has 0 aliphatic heterocycles. The van der Waals surface area contributed by atoms with Gasteiger partial charge in [0.2, 0.25) is 0 Å². The summed E-state index contributed by atoms with van der Waals surface area (Å²) >= 11 is 0. The first kappa shape index (κ1) is 14.8. The van der Waals surface area contributed by atoms with Gasteiger partial charge in [-0.3, -0.25) is 15.0 Å². The second kappa shape index (κ2) is 7.99. The second-order valence-electron chi connectivity index (χ2n) is 3.89. The first-order valence-corrected chi connectivity index (χ1v) is 5.83. The third kappa shape index (κ3) is 6.32. The Kier molecular flexibility index (Phi) is 6.25. The van der Waals surface area contributed by atoms with Gasteiger partial charge in [0.15, 0.2) is 0 Å². The maximum absolute atomic E-state index is 11.0. The van der Waals surface area contributed by atoms with E-state index in [0.717, 1.165) is 11.3 Å². The minimum Gasteiger partial charge on any atom is -0.459 e. The molecule has 0 atom stereocenters. The normalized spacial score (nSPS) is 10.4. The minimum atomic E-state index is -0.550. The van der Waals surface area contributed by atoms with Crippen LogP contribution in [-0.4, -0.2) is 24.6 Å². The summed E-state index contributed by atoms with van der Waals surface area (Å²) in [5.74, 6) is -0.772. The Morgan fingerprint density at radius 1 is 1.37 bits per heavy atom. The number of ether oxygens (including phenoxy) is 1. The van der Waals surface area contributed by atoms with Gasteiger partial charge in [0.1, 0.15) is 18.8 Å². The van der Waals surface area contributed by atoms with Crippen molar-refractivity contribution in [2.75, 3.05) is 12.0 Å². The predicted octanol–water partition coefficient (Wildman–Crippen LogP) is 1.07. The van der Waals surface area contributed by atoms with E-state index < -0.39 is 5.97 Å². The van der Waals surface area contributed by atoms with Crippen LogP contribution in [0.4, 0.5) is 5.69 Å². The topological polar surface area (TPSA) is 93.8 Å². The van der Waals surface area contributed by atoms with E-state index in [0.29, 0.717) is 6.54 Å². The summed E-state index contributed by atoms with van der Waals surface area (Å²) < 4.78 is 4.76. The molecule has 0 aliphatic rings. The number of Topliss-reactive ketones (excluding diaryl/α,β-unsaturated/α-hetero) is 1. The Labute approximate surface area is 111 Å².